The summed E-state index contributed by atoms with van der Waals surface area (Å²) in [6.07, 6.45) is 0.103. The van der Waals surface area contributed by atoms with Gasteiger partial charge in [-0.2, -0.15) is 0 Å². The second kappa shape index (κ2) is 5.97. The van der Waals surface area contributed by atoms with E-state index in [2.05, 4.69) is 5.32 Å². The number of methoxy groups -OCH3 is 1. The summed E-state index contributed by atoms with van der Waals surface area (Å²) in [6.45, 7) is 0. The number of rotatable bonds is 4. The molecule has 0 saturated carbocycles. The van der Waals surface area contributed by atoms with Gasteiger partial charge in [0.2, 0.25) is 5.91 Å². The molecule has 0 saturated heterocycles. The van der Waals surface area contributed by atoms with Crippen molar-refractivity contribution in [1.82, 2.24) is 0 Å². The normalized spacial score (nSPS) is 10.1. The SMILES string of the molecule is COc1ccc(NC(=O)Cc2cc(O)ccc2N)cc1. The predicted octanol–water partition coefficient (Wildman–Crippen LogP) is 2.16. The van der Waals surface area contributed by atoms with Crippen molar-refractivity contribution in [2.45, 2.75) is 6.42 Å². The molecule has 2 rings (SSSR count). The Bertz CT molecular complexity index is 609. The van der Waals surface area contributed by atoms with Gasteiger partial charge in [-0.15, -0.1) is 0 Å². The maximum absolute atomic E-state index is 11.9. The molecule has 5 nitrogen and oxygen atoms in total. The van der Waals surface area contributed by atoms with E-state index >= 15 is 0 Å². The minimum Gasteiger partial charge on any atom is -0.508 e. The molecule has 0 fully saturated rings. The van der Waals surface area contributed by atoms with Gasteiger partial charge in [0, 0.05) is 11.4 Å². The average Bonchev–Trinajstić information content (AvgIpc) is 2.43. The zero-order chi connectivity index (χ0) is 14.5. The highest BCUT2D eigenvalue weighted by atomic mass is 16.5. The fourth-order valence-electron chi connectivity index (χ4n) is 1.80. The summed E-state index contributed by atoms with van der Waals surface area (Å²) in [7, 11) is 1.58. The topological polar surface area (TPSA) is 84.6 Å². The smallest absolute Gasteiger partial charge is 0.228 e. The molecule has 0 heterocycles. The molecule has 2 aromatic rings. The van der Waals surface area contributed by atoms with E-state index in [4.69, 9.17) is 10.5 Å². The number of benzene rings is 2. The molecule has 0 aromatic heterocycles. The summed E-state index contributed by atoms with van der Waals surface area (Å²) in [4.78, 5) is 11.9. The Balaban J connectivity index is 2.03. The standard InChI is InChI=1S/C15H16N2O3/c1-20-13-5-2-11(3-6-13)17-15(19)9-10-8-12(18)4-7-14(10)16/h2-8,18H,9,16H2,1H3,(H,17,19). The van der Waals surface area contributed by atoms with Crippen LogP contribution in [0.1, 0.15) is 5.56 Å². The average molecular weight is 272 g/mol. The van der Waals surface area contributed by atoms with Gasteiger partial charge in [0.05, 0.1) is 13.5 Å². The van der Waals surface area contributed by atoms with Crippen molar-refractivity contribution in [3.8, 4) is 11.5 Å². The van der Waals surface area contributed by atoms with Gasteiger partial charge in [0.25, 0.3) is 0 Å². The van der Waals surface area contributed by atoms with Crippen LogP contribution in [-0.4, -0.2) is 18.1 Å². The number of nitrogen functional groups attached to an aromatic ring is 1. The Hall–Kier alpha value is -2.69. The largest absolute Gasteiger partial charge is 0.508 e. The van der Waals surface area contributed by atoms with Crippen LogP contribution in [0.2, 0.25) is 0 Å². The fraction of sp³-hybridized carbons (Fsp3) is 0.133. The number of ether oxygens (including phenoxy) is 1. The second-order valence-corrected chi connectivity index (χ2v) is 4.34. The third-order valence-corrected chi connectivity index (χ3v) is 2.85. The summed E-state index contributed by atoms with van der Waals surface area (Å²) >= 11 is 0. The number of hydrogen-bond acceptors (Lipinski definition) is 4. The molecule has 4 N–H and O–H groups in total. The van der Waals surface area contributed by atoms with Crippen LogP contribution in [-0.2, 0) is 11.2 Å². The van der Waals surface area contributed by atoms with Crippen LogP contribution in [0.25, 0.3) is 0 Å². The number of anilines is 2. The first-order chi connectivity index (χ1) is 9.58. The monoisotopic (exact) mass is 272 g/mol. The molecule has 0 radical (unpaired) electrons. The highest BCUT2D eigenvalue weighted by Crippen LogP contribution is 2.20. The molecule has 1 amide bonds. The Morgan fingerprint density at radius 2 is 1.95 bits per heavy atom. The van der Waals surface area contributed by atoms with Crippen LogP contribution in [0.15, 0.2) is 42.5 Å². The number of nitrogens with two attached hydrogens (primary N) is 1. The van der Waals surface area contributed by atoms with Crippen molar-refractivity contribution in [2.75, 3.05) is 18.2 Å². The predicted molar refractivity (Wildman–Crippen MR) is 77.8 cm³/mol. The molecule has 20 heavy (non-hydrogen) atoms. The number of hydrogen-bond donors (Lipinski definition) is 3. The Morgan fingerprint density at radius 3 is 2.60 bits per heavy atom. The van der Waals surface area contributed by atoms with Gasteiger partial charge >= 0.3 is 0 Å². The van der Waals surface area contributed by atoms with Gasteiger partial charge in [-0.05, 0) is 48.0 Å². The van der Waals surface area contributed by atoms with Crippen molar-refractivity contribution in [2.24, 2.45) is 0 Å². The molecular weight excluding hydrogens is 256 g/mol. The maximum Gasteiger partial charge on any atom is 0.228 e. The molecule has 0 spiro atoms. The summed E-state index contributed by atoms with van der Waals surface area (Å²) in [5, 5.41) is 12.2. The van der Waals surface area contributed by atoms with E-state index < -0.39 is 0 Å². The van der Waals surface area contributed by atoms with Crippen molar-refractivity contribution in [3.63, 3.8) is 0 Å². The van der Waals surface area contributed by atoms with Gasteiger partial charge in [-0.3, -0.25) is 4.79 Å². The minimum absolute atomic E-state index is 0.0893. The van der Waals surface area contributed by atoms with E-state index in [1.54, 1.807) is 37.4 Å². The molecule has 5 heteroatoms. The quantitative estimate of drug-likeness (QED) is 0.588. The van der Waals surface area contributed by atoms with E-state index in [9.17, 15) is 9.90 Å². The number of carbonyl (C=O) groups is 1. The Morgan fingerprint density at radius 1 is 1.25 bits per heavy atom. The molecule has 0 bridgehead atoms. The van der Waals surface area contributed by atoms with Crippen molar-refractivity contribution >= 4 is 17.3 Å². The lowest BCUT2D eigenvalue weighted by molar-refractivity contribution is -0.115. The summed E-state index contributed by atoms with van der Waals surface area (Å²) in [5.41, 5.74) is 7.51. The number of phenols is 1. The highest BCUT2D eigenvalue weighted by Gasteiger charge is 2.08. The van der Waals surface area contributed by atoms with Crippen LogP contribution < -0.4 is 15.8 Å². The van der Waals surface area contributed by atoms with Gasteiger partial charge in [0.15, 0.2) is 0 Å². The van der Waals surface area contributed by atoms with Crippen LogP contribution in [0.5, 0.6) is 11.5 Å². The minimum atomic E-state index is -0.201. The zero-order valence-electron chi connectivity index (χ0n) is 11.1. The zero-order valence-corrected chi connectivity index (χ0v) is 11.1. The van der Waals surface area contributed by atoms with Crippen LogP contribution >= 0.6 is 0 Å². The number of nitrogens with one attached hydrogen (secondary N) is 1. The maximum atomic E-state index is 11.9. The van der Waals surface area contributed by atoms with E-state index in [-0.39, 0.29) is 18.1 Å². The molecule has 104 valence electrons. The van der Waals surface area contributed by atoms with E-state index in [1.807, 2.05) is 0 Å². The van der Waals surface area contributed by atoms with Gasteiger partial charge < -0.3 is 20.9 Å². The summed E-state index contributed by atoms with van der Waals surface area (Å²) < 4.78 is 5.04. The summed E-state index contributed by atoms with van der Waals surface area (Å²) in [5.74, 6) is 0.610. The third kappa shape index (κ3) is 3.41. The van der Waals surface area contributed by atoms with Crippen molar-refractivity contribution in [1.29, 1.82) is 0 Å². The van der Waals surface area contributed by atoms with E-state index in [0.29, 0.717) is 16.9 Å². The van der Waals surface area contributed by atoms with Gasteiger partial charge in [0.1, 0.15) is 11.5 Å². The number of phenolic OH excluding ortho intramolecular Hbond substituents is 1. The molecule has 0 atom stereocenters. The van der Waals surface area contributed by atoms with E-state index in [0.717, 1.165) is 5.75 Å². The fourth-order valence-corrected chi connectivity index (χ4v) is 1.80. The lowest BCUT2D eigenvalue weighted by atomic mass is 10.1. The molecule has 0 aliphatic heterocycles. The number of aromatic hydroxyl groups is 1. The Labute approximate surface area is 117 Å². The summed E-state index contributed by atoms with van der Waals surface area (Å²) in [6, 6.07) is 11.6. The molecule has 0 aliphatic carbocycles. The molecule has 0 aliphatic rings. The lowest BCUT2D eigenvalue weighted by Gasteiger charge is -2.08. The van der Waals surface area contributed by atoms with Crippen LogP contribution in [0.3, 0.4) is 0 Å². The van der Waals surface area contributed by atoms with Gasteiger partial charge in [-0.1, -0.05) is 0 Å². The van der Waals surface area contributed by atoms with Crippen molar-refractivity contribution in [3.05, 3.63) is 48.0 Å². The van der Waals surface area contributed by atoms with Crippen LogP contribution in [0.4, 0.5) is 11.4 Å². The lowest BCUT2D eigenvalue weighted by Crippen LogP contribution is -2.15. The highest BCUT2D eigenvalue weighted by molar-refractivity contribution is 5.93. The van der Waals surface area contributed by atoms with Crippen molar-refractivity contribution < 1.29 is 14.6 Å². The molecule has 0 unspecified atom stereocenters. The van der Waals surface area contributed by atoms with E-state index in [1.165, 1.54) is 12.1 Å². The first kappa shape index (κ1) is 13.7. The number of carbonyl (C=O) groups excluding carboxylic acids is 1. The molecular formula is C15H16N2O3. The first-order valence-electron chi connectivity index (χ1n) is 6.10. The van der Waals surface area contributed by atoms with Crippen LogP contribution in [0, 0.1) is 0 Å². The second-order valence-electron chi connectivity index (χ2n) is 4.34. The third-order valence-electron chi connectivity index (χ3n) is 2.85. The van der Waals surface area contributed by atoms with Gasteiger partial charge in [-0.25, -0.2) is 0 Å². The Kier molecular flexibility index (Phi) is 4.10. The first-order valence-corrected chi connectivity index (χ1v) is 6.10. The molecule has 2 aromatic carbocycles. The number of amides is 1.